The van der Waals surface area contributed by atoms with Crippen LogP contribution < -0.4 is 0 Å². The summed E-state index contributed by atoms with van der Waals surface area (Å²) in [6.45, 7) is 1.14. The Hall–Kier alpha value is -2.89. The number of benzene rings is 1. The van der Waals surface area contributed by atoms with Crippen molar-refractivity contribution in [3.05, 3.63) is 70.7 Å². The van der Waals surface area contributed by atoms with Crippen molar-refractivity contribution in [3.63, 3.8) is 0 Å². The molecule has 1 amide bonds. The number of nitrogens with one attached hydrogen (secondary N) is 1. The molecule has 1 fully saturated rings. The van der Waals surface area contributed by atoms with Gasteiger partial charge in [-0.3, -0.25) is 9.89 Å². The van der Waals surface area contributed by atoms with Crippen LogP contribution in [0.5, 0.6) is 0 Å². The molecule has 1 N–H and O–H groups in total. The molecule has 1 aromatic carbocycles. The molecule has 1 aliphatic carbocycles. The summed E-state index contributed by atoms with van der Waals surface area (Å²) in [6, 6.07) is 12.2. The highest BCUT2D eigenvalue weighted by Crippen LogP contribution is 2.39. The zero-order valence-corrected chi connectivity index (χ0v) is 15.1. The number of carbonyl (C=O) groups excluding carboxylic acids is 1. The lowest BCUT2D eigenvalue weighted by atomic mass is 10.1. The largest absolute Gasteiger partial charge is 0.445 e. The van der Waals surface area contributed by atoms with Crippen molar-refractivity contribution in [2.75, 3.05) is 6.54 Å². The number of rotatable bonds is 5. The fraction of sp³-hybridized carbons (Fsp3) is 0.381. The van der Waals surface area contributed by atoms with Gasteiger partial charge in [0.15, 0.2) is 5.89 Å². The lowest BCUT2D eigenvalue weighted by Gasteiger charge is -2.24. The zero-order valence-electron chi connectivity index (χ0n) is 15.1. The Morgan fingerprint density at radius 1 is 1.22 bits per heavy atom. The fourth-order valence-electron chi connectivity index (χ4n) is 3.64. The maximum atomic E-state index is 12.8. The second-order valence-electron chi connectivity index (χ2n) is 7.42. The van der Waals surface area contributed by atoms with E-state index in [1.165, 1.54) is 18.4 Å². The van der Waals surface area contributed by atoms with Crippen LogP contribution in [0.25, 0.3) is 0 Å². The monoisotopic (exact) mass is 362 g/mol. The molecule has 5 rings (SSSR count). The molecule has 0 atom stereocenters. The molecule has 0 spiro atoms. The van der Waals surface area contributed by atoms with E-state index in [4.69, 9.17) is 4.42 Å². The molecule has 2 aromatic heterocycles. The Morgan fingerprint density at radius 3 is 2.89 bits per heavy atom. The molecule has 1 aliphatic heterocycles. The lowest BCUT2D eigenvalue weighted by molar-refractivity contribution is 0.0722. The molecule has 3 heterocycles. The van der Waals surface area contributed by atoms with Gasteiger partial charge in [0.05, 0.1) is 6.54 Å². The van der Waals surface area contributed by atoms with E-state index in [-0.39, 0.29) is 5.91 Å². The van der Waals surface area contributed by atoms with Crippen molar-refractivity contribution < 1.29 is 9.21 Å². The fourth-order valence-corrected chi connectivity index (χ4v) is 3.64. The third-order valence-electron chi connectivity index (χ3n) is 5.36. The molecule has 0 saturated heterocycles. The van der Waals surface area contributed by atoms with Crippen LogP contribution >= 0.6 is 0 Å². The topological polar surface area (TPSA) is 75.0 Å². The summed E-state index contributed by atoms with van der Waals surface area (Å²) in [4.78, 5) is 19.2. The lowest BCUT2D eigenvalue weighted by Crippen LogP contribution is -2.36. The first-order valence-electron chi connectivity index (χ1n) is 9.62. The number of aromatic amines is 1. The van der Waals surface area contributed by atoms with Gasteiger partial charge in [0, 0.05) is 31.0 Å². The van der Waals surface area contributed by atoms with E-state index in [1.54, 1.807) is 0 Å². The Labute approximate surface area is 157 Å². The number of oxazole rings is 1. The maximum absolute atomic E-state index is 12.8. The van der Waals surface area contributed by atoms with Crippen molar-refractivity contribution >= 4 is 5.91 Å². The first-order chi connectivity index (χ1) is 13.3. The summed E-state index contributed by atoms with van der Waals surface area (Å²) in [7, 11) is 0. The SMILES string of the molecule is O=C(c1cc(C2CC2)[nH]n1)N1CCc2oc(CCc3ccccc3)nc2C1. The number of hydrogen-bond acceptors (Lipinski definition) is 4. The molecule has 6 heteroatoms. The Bertz CT molecular complexity index is 956. The number of aromatic nitrogens is 3. The van der Waals surface area contributed by atoms with Gasteiger partial charge in [-0.2, -0.15) is 5.10 Å². The van der Waals surface area contributed by atoms with Gasteiger partial charge < -0.3 is 9.32 Å². The van der Waals surface area contributed by atoms with Gasteiger partial charge in [-0.05, 0) is 30.9 Å². The Morgan fingerprint density at radius 2 is 2.07 bits per heavy atom. The Balaban J connectivity index is 1.25. The van der Waals surface area contributed by atoms with Crippen molar-refractivity contribution in [2.24, 2.45) is 0 Å². The van der Waals surface area contributed by atoms with Gasteiger partial charge in [0.1, 0.15) is 17.1 Å². The molecule has 138 valence electrons. The number of aryl methyl sites for hydroxylation is 2. The van der Waals surface area contributed by atoms with Crippen LogP contribution in [-0.4, -0.2) is 32.5 Å². The molecule has 27 heavy (non-hydrogen) atoms. The van der Waals surface area contributed by atoms with Crippen LogP contribution in [-0.2, 0) is 25.8 Å². The molecule has 0 unspecified atom stereocenters. The Kier molecular flexibility index (Phi) is 4.03. The summed E-state index contributed by atoms with van der Waals surface area (Å²) >= 11 is 0. The molecule has 0 radical (unpaired) electrons. The summed E-state index contributed by atoms with van der Waals surface area (Å²) in [5.41, 5.74) is 3.75. The van der Waals surface area contributed by atoms with Crippen molar-refractivity contribution in [1.82, 2.24) is 20.1 Å². The smallest absolute Gasteiger partial charge is 0.274 e. The van der Waals surface area contributed by atoms with Crippen LogP contribution in [0, 0.1) is 0 Å². The highest BCUT2D eigenvalue weighted by molar-refractivity contribution is 5.92. The molecule has 1 saturated carbocycles. The number of carbonyl (C=O) groups is 1. The molecule has 3 aromatic rings. The van der Waals surface area contributed by atoms with Crippen LogP contribution in [0.2, 0.25) is 0 Å². The average Bonchev–Trinajstić information content (AvgIpc) is 3.29. The van der Waals surface area contributed by atoms with Gasteiger partial charge in [-0.25, -0.2) is 4.98 Å². The summed E-state index contributed by atoms with van der Waals surface area (Å²) in [5.74, 6) is 2.21. The highest BCUT2D eigenvalue weighted by atomic mass is 16.4. The maximum Gasteiger partial charge on any atom is 0.274 e. The van der Waals surface area contributed by atoms with E-state index in [9.17, 15) is 4.79 Å². The van der Waals surface area contributed by atoms with Gasteiger partial charge in [-0.15, -0.1) is 0 Å². The minimum atomic E-state index is -0.0300. The minimum absolute atomic E-state index is 0.0300. The van der Waals surface area contributed by atoms with E-state index in [0.717, 1.165) is 35.9 Å². The van der Waals surface area contributed by atoms with Gasteiger partial charge in [0.2, 0.25) is 0 Å². The number of amides is 1. The summed E-state index contributed by atoms with van der Waals surface area (Å²) < 4.78 is 5.93. The van der Waals surface area contributed by atoms with E-state index >= 15 is 0 Å². The molecule has 6 nitrogen and oxygen atoms in total. The number of H-pyrrole nitrogens is 1. The third kappa shape index (κ3) is 3.39. The second-order valence-corrected chi connectivity index (χ2v) is 7.42. The van der Waals surface area contributed by atoms with Gasteiger partial charge in [0.25, 0.3) is 5.91 Å². The molecule has 2 aliphatic rings. The summed E-state index contributed by atoms with van der Waals surface area (Å²) in [5, 5.41) is 7.23. The second kappa shape index (κ2) is 6.68. The highest BCUT2D eigenvalue weighted by Gasteiger charge is 2.30. The first kappa shape index (κ1) is 16.3. The minimum Gasteiger partial charge on any atom is -0.445 e. The third-order valence-corrected chi connectivity index (χ3v) is 5.36. The van der Waals surface area contributed by atoms with Crippen LogP contribution in [0.1, 0.15) is 57.9 Å². The van der Waals surface area contributed by atoms with Crippen LogP contribution in [0.3, 0.4) is 0 Å². The number of hydrogen-bond donors (Lipinski definition) is 1. The van der Waals surface area contributed by atoms with E-state index < -0.39 is 0 Å². The van der Waals surface area contributed by atoms with Crippen LogP contribution in [0.15, 0.2) is 40.8 Å². The van der Waals surface area contributed by atoms with E-state index in [2.05, 4.69) is 27.3 Å². The number of nitrogens with zero attached hydrogens (tertiary/aromatic N) is 3. The predicted octanol–water partition coefficient (Wildman–Crippen LogP) is 3.26. The molecular weight excluding hydrogens is 340 g/mol. The standard InChI is InChI=1S/C21H22N4O2/c26-21(17-12-16(23-24-17)15-7-8-15)25-11-10-19-18(13-25)22-20(27-19)9-6-14-4-2-1-3-5-14/h1-5,12,15H,6-11,13H2,(H,23,24). The van der Waals surface area contributed by atoms with Crippen molar-refractivity contribution in [2.45, 2.75) is 44.6 Å². The van der Waals surface area contributed by atoms with Crippen LogP contribution in [0.4, 0.5) is 0 Å². The predicted molar refractivity (Wildman–Crippen MR) is 99.4 cm³/mol. The quantitative estimate of drug-likeness (QED) is 0.756. The van der Waals surface area contributed by atoms with E-state index in [0.29, 0.717) is 31.1 Å². The van der Waals surface area contributed by atoms with E-state index in [1.807, 2.05) is 29.2 Å². The first-order valence-corrected chi connectivity index (χ1v) is 9.62. The zero-order chi connectivity index (χ0) is 18.2. The van der Waals surface area contributed by atoms with Gasteiger partial charge >= 0.3 is 0 Å². The molecular formula is C21H22N4O2. The van der Waals surface area contributed by atoms with Crippen molar-refractivity contribution in [1.29, 1.82) is 0 Å². The van der Waals surface area contributed by atoms with Gasteiger partial charge in [-0.1, -0.05) is 30.3 Å². The normalized spacial score (nSPS) is 16.4. The van der Waals surface area contributed by atoms with Crippen molar-refractivity contribution in [3.8, 4) is 0 Å². The average molecular weight is 362 g/mol. The summed E-state index contributed by atoms with van der Waals surface area (Å²) in [6.07, 6.45) is 4.76. The number of fused-ring (bicyclic) bond motifs is 1. The molecule has 0 bridgehead atoms.